The molecule has 0 bridgehead atoms. The smallest absolute Gasteiger partial charge is 0.263 e. The molecule has 0 aliphatic carbocycles. The van der Waals surface area contributed by atoms with Crippen LogP contribution in [0.5, 0.6) is 0 Å². The van der Waals surface area contributed by atoms with Crippen molar-refractivity contribution in [2.45, 2.75) is 33.6 Å². The quantitative estimate of drug-likeness (QED) is 0.788. The average molecular weight is 366 g/mol. The minimum Gasteiger partial charge on any atom is -0.348 e. The average Bonchev–Trinajstić information content (AvgIpc) is 2.77. The van der Waals surface area contributed by atoms with E-state index < -0.39 is 0 Å². The van der Waals surface area contributed by atoms with E-state index in [9.17, 15) is 4.79 Å². The molecule has 1 aromatic rings. The first-order valence-electron chi connectivity index (χ1n) is 7.19. The highest BCUT2D eigenvalue weighted by molar-refractivity contribution is 7.13. The molecule has 0 unspecified atom stereocenters. The molecule has 126 valence electrons. The van der Waals surface area contributed by atoms with Gasteiger partial charge in [0.15, 0.2) is 0 Å². The van der Waals surface area contributed by atoms with Crippen molar-refractivity contribution in [1.29, 1.82) is 0 Å². The summed E-state index contributed by atoms with van der Waals surface area (Å²) in [4.78, 5) is 17.6. The number of aryl methyl sites for hydroxylation is 1. The van der Waals surface area contributed by atoms with Gasteiger partial charge >= 0.3 is 0 Å². The van der Waals surface area contributed by atoms with Gasteiger partial charge in [-0.05, 0) is 32.2 Å². The van der Waals surface area contributed by atoms with Crippen molar-refractivity contribution < 1.29 is 4.79 Å². The van der Waals surface area contributed by atoms with Crippen molar-refractivity contribution in [1.82, 2.24) is 15.6 Å². The number of nitrogens with zero attached hydrogens (tertiary/aromatic N) is 1. The molecule has 1 amide bonds. The summed E-state index contributed by atoms with van der Waals surface area (Å²) in [6.45, 7) is 8.81. The molecule has 0 atom stereocenters. The zero-order valence-corrected chi connectivity index (χ0v) is 15.7. The Bertz CT molecular complexity index is 515. The molecule has 2 rings (SSSR count). The number of amides is 1. The summed E-state index contributed by atoms with van der Waals surface area (Å²) < 4.78 is 0. The molecule has 0 saturated heterocycles. The van der Waals surface area contributed by atoms with Gasteiger partial charge in [0.25, 0.3) is 5.91 Å². The summed E-state index contributed by atoms with van der Waals surface area (Å²) in [6, 6.07) is 0. The van der Waals surface area contributed by atoms with Crippen LogP contribution in [0, 0.1) is 12.8 Å². The van der Waals surface area contributed by atoms with Gasteiger partial charge < -0.3 is 10.6 Å². The molecule has 1 aliphatic rings. The van der Waals surface area contributed by atoms with E-state index in [4.69, 9.17) is 0 Å². The predicted molar refractivity (Wildman–Crippen MR) is 97.8 cm³/mol. The monoisotopic (exact) mass is 365 g/mol. The molecular weight excluding hydrogens is 341 g/mol. The van der Waals surface area contributed by atoms with E-state index in [1.54, 1.807) is 0 Å². The fraction of sp³-hybridized carbons (Fsp3) is 0.600. The van der Waals surface area contributed by atoms with Crippen molar-refractivity contribution in [3.63, 3.8) is 0 Å². The second kappa shape index (κ2) is 10.2. The van der Waals surface area contributed by atoms with Crippen molar-refractivity contribution in [2.24, 2.45) is 5.92 Å². The Balaban J connectivity index is 0.00000220. The topological polar surface area (TPSA) is 54.0 Å². The van der Waals surface area contributed by atoms with Gasteiger partial charge in [-0.1, -0.05) is 25.5 Å². The van der Waals surface area contributed by atoms with Crippen LogP contribution in [0.2, 0.25) is 0 Å². The third-order valence-corrected chi connectivity index (χ3v) is 4.26. The van der Waals surface area contributed by atoms with E-state index in [1.165, 1.54) is 16.9 Å². The van der Waals surface area contributed by atoms with Crippen LogP contribution in [-0.2, 0) is 6.42 Å². The lowest BCUT2D eigenvalue weighted by Gasteiger charge is -2.14. The summed E-state index contributed by atoms with van der Waals surface area (Å²) in [6.07, 6.45) is 4.04. The van der Waals surface area contributed by atoms with Crippen LogP contribution >= 0.6 is 36.2 Å². The molecule has 2 N–H and O–H groups in total. The molecule has 0 aromatic carbocycles. The minimum absolute atomic E-state index is 0. The summed E-state index contributed by atoms with van der Waals surface area (Å²) >= 11 is 1.50. The molecule has 0 fully saturated rings. The van der Waals surface area contributed by atoms with Gasteiger partial charge in [0.2, 0.25) is 0 Å². The summed E-state index contributed by atoms with van der Waals surface area (Å²) in [5.41, 5.74) is 2.25. The number of nitrogens with one attached hydrogen (secondary N) is 2. The first kappa shape index (κ1) is 21.4. The van der Waals surface area contributed by atoms with Gasteiger partial charge in [-0.25, -0.2) is 4.98 Å². The Morgan fingerprint density at radius 1 is 1.45 bits per heavy atom. The fourth-order valence-electron chi connectivity index (χ4n) is 2.28. The van der Waals surface area contributed by atoms with Crippen LogP contribution in [0.1, 0.15) is 40.6 Å². The van der Waals surface area contributed by atoms with Gasteiger partial charge in [-0.2, -0.15) is 0 Å². The third-order valence-electron chi connectivity index (χ3n) is 3.25. The van der Waals surface area contributed by atoms with Crippen molar-refractivity contribution >= 4 is 42.1 Å². The van der Waals surface area contributed by atoms with E-state index in [2.05, 4.69) is 35.5 Å². The first-order chi connectivity index (χ1) is 9.56. The normalized spacial score (nSPS) is 13.9. The highest BCUT2D eigenvalue weighted by Crippen LogP contribution is 2.20. The van der Waals surface area contributed by atoms with Gasteiger partial charge in [0.1, 0.15) is 4.88 Å². The third kappa shape index (κ3) is 6.24. The lowest BCUT2D eigenvalue weighted by Crippen LogP contribution is -2.29. The van der Waals surface area contributed by atoms with Crippen LogP contribution in [0.4, 0.5) is 0 Å². The minimum atomic E-state index is 0. The Hall–Kier alpha value is -0.620. The zero-order chi connectivity index (χ0) is 14.5. The van der Waals surface area contributed by atoms with Gasteiger partial charge in [0.05, 0.1) is 10.7 Å². The Morgan fingerprint density at radius 3 is 2.77 bits per heavy atom. The van der Waals surface area contributed by atoms with Crippen LogP contribution in [0.15, 0.2) is 11.6 Å². The van der Waals surface area contributed by atoms with Crippen LogP contribution < -0.4 is 10.6 Å². The SMILES string of the molecule is Cc1nc(CC(C)C)c(C(=O)NCC2=CCNCC2)s1.Cl.Cl. The summed E-state index contributed by atoms with van der Waals surface area (Å²) in [5.74, 6) is 0.529. The largest absolute Gasteiger partial charge is 0.348 e. The van der Waals surface area contributed by atoms with E-state index in [-0.39, 0.29) is 30.7 Å². The van der Waals surface area contributed by atoms with Crippen molar-refractivity contribution in [2.75, 3.05) is 19.6 Å². The zero-order valence-electron chi connectivity index (χ0n) is 13.3. The number of hydrogen-bond acceptors (Lipinski definition) is 4. The Morgan fingerprint density at radius 2 is 2.18 bits per heavy atom. The lowest BCUT2D eigenvalue weighted by atomic mass is 10.1. The van der Waals surface area contributed by atoms with E-state index in [0.717, 1.165) is 41.5 Å². The second-order valence-electron chi connectivity index (χ2n) is 5.61. The maximum atomic E-state index is 12.3. The fourth-order valence-corrected chi connectivity index (χ4v) is 3.14. The van der Waals surface area contributed by atoms with Gasteiger partial charge in [0, 0.05) is 13.1 Å². The van der Waals surface area contributed by atoms with Crippen LogP contribution in [0.3, 0.4) is 0 Å². The second-order valence-corrected chi connectivity index (χ2v) is 6.81. The molecule has 22 heavy (non-hydrogen) atoms. The van der Waals surface area contributed by atoms with Gasteiger partial charge in [-0.15, -0.1) is 36.2 Å². The molecule has 0 spiro atoms. The number of thiazole rings is 1. The summed E-state index contributed by atoms with van der Waals surface area (Å²) in [5, 5.41) is 7.27. The Labute approximate surface area is 149 Å². The number of carbonyl (C=O) groups is 1. The van der Waals surface area contributed by atoms with E-state index >= 15 is 0 Å². The number of halogens is 2. The molecule has 4 nitrogen and oxygen atoms in total. The van der Waals surface area contributed by atoms with Crippen molar-refractivity contribution in [3.8, 4) is 0 Å². The molecular formula is C15H25Cl2N3OS. The number of rotatable bonds is 5. The summed E-state index contributed by atoms with van der Waals surface area (Å²) in [7, 11) is 0. The van der Waals surface area contributed by atoms with Crippen LogP contribution in [0.25, 0.3) is 0 Å². The highest BCUT2D eigenvalue weighted by Gasteiger charge is 2.17. The maximum Gasteiger partial charge on any atom is 0.263 e. The van der Waals surface area contributed by atoms with E-state index in [1.807, 2.05) is 6.92 Å². The highest BCUT2D eigenvalue weighted by atomic mass is 35.5. The number of carbonyl (C=O) groups excluding carboxylic acids is 1. The number of hydrogen-bond donors (Lipinski definition) is 2. The first-order valence-corrected chi connectivity index (χ1v) is 8.01. The Kier molecular flexibility index (Phi) is 9.92. The van der Waals surface area contributed by atoms with Crippen LogP contribution in [-0.4, -0.2) is 30.5 Å². The number of aromatic nitrogens is 1. The molecule has 1 aliphatic heterocycles. The lowest BCUT2D eigenvalue weighted by molar-refractivity contribution is 0.0959. The molecule has 1 aromatic heterocycles. The molecule has 7 heteroatoms. The molecule has 0 radical (unpaired) electrons. The standard InChI is InChI=1S/C15H23N3OS.2ClH/c1-10(2)8-13-14(20-11(3)18-13)15(19)17-9-12-4-6-16-7-5-12;;/h4,10,16H,5-9H2,1-3H3,(H,17,19);2*1H. The molecule has 2 heterocycles. The van der Waals surface area contributed by atoms with Crippen molar-refractivity contribution in [3.05, 3.63) is 27.2 Å². The predicted octanol–water partition coefficient (Wildman–Crippen LogP) is 3.14. The molecule has 0 saturated carbocycles. The maximum absolute atomic E-state index is 12.3. The van der Waals surface area contributed by atoms with Gasteiger partial charge in [-0.3, -0.25) is 4.79 Å². The van der Waals surface area contributed by atoms with E-state index in [0.29, 0.717) is 12.5 Å².